The molecule has 5 nitrogen and oxygen atoms in total. The number of carbonyl (C=O) groups is 1. The van der Waals surface area contributed by atoms with Crippen molar-refractivity contribution in [2.24, 2.45) is 5.73 Å². The van der Waals surface area contributed by atoms with Crippen molar-refractivity contribution < 1.29 is 9.53 Å². The maximum Gasteiger partial charge on any atom is 0.234 e. The number of amides is 1. The fourth-order valence-corrected chi connectivity index (χ4v) is 2.36. The summed E-state index contributed by atoms with van der Waals surface area (Å²) >= 11 is 0. The second-order valence-electron chi connectivity index (χ2n) is 4.54. The molecule has 1 fully saturated rings. The zero-order valence-corrected chi connectivity index (χ0v) is 10.8. The highest BCUT2D eigenvalue weighted by Gasteiger charge is 2.23. The Morgan fingerprint density at radius 3 is 2.76 bits per heavy atom. The molecule has 17 heavy (non-hydrogen) atoms. The van der Waals surface area contributed by atoms with E-state index in [1.54, 1.807) is 7.11 Å². The molecule has 0 aromatic heterocycles. The number of nitrogens with two attached hydrogens (primary N) is 1. The highest BCUT2D eigenvalue weighted by Crippen LogP contribution is 2.22. The summed E-state index contributed by atoms with van der Waals surface area (Å²) < 4.78 is 4.90. The average molecular weight is 243 g/mol. The molecule has 5 heteroatoms. The van der Waals surface area contributed by atoms with Crippen LogP contribution in [0.15, 0.2) is 0 Å². The van der Waals surface area contributed by atoms with E-state index >= 15 is 0 Å². The predicted octanol–water partition coefficient (Wildman–Crippen LogP) is -0.0477. The third kappa shape index (κ3) is 5.48. The molecule has 0 aromatic carbocycles. The second kappa shape index (κ2) is 8.44. The van der Waals surface area contributed by atoms with Crippen LogP contribution in [-0.4, -0.2) is 56.7 Å². The van der Waals surface area contributed by atoms with E-state index in [-0.39, 0.29) is 5.91 Å². The minimum absolute atomic E-state index is 0.0717. The van der Waals surface area contributed by atoms with Crippen molar-refractivity contribution in [1.82, 2.24) is 10.2 Å². The van der Waals surface area contributed by atoms with Crippen molar-refractivity contribution in [2.75, 3.05) is 39.9 Å². The summed E-state index contributed by atoms with van der Waals surface area (Å²) in [6.07, 6.45) is 4.95. The lowest BCUT2D eigenvalue weighted by molar-refractivity contribution is -0.122. The van der Waals surface area contributed by atoms with Gasteiger partial charge in [-0.2, -0.15) is 0 Å². The Balaban J connectivity index is 2.29. The summed E-state index contributed by atoms with van der Waals surface area (Å²) in [6.45, 7) is 3.03. The number of methoxy groups -OCH3 is 1. The van der Waals surface area contributed by atoms with Crippen LogP contribution in [0.1, 0.15) is 25.7 Å². The minimum Gasteiger partial charge on any atom is -0.383 e. The van der Waals surface area contributed by atoms with Gasteiger partial charge in [0.15, 0.2) is 0 Å². The Labute approximate surface area is 104 Å². The lowest BCUT2D eigenvalue weighted by Gasteiger charge is -2.27. The van der Waals surface area contributed by atoms with Gasteiger partial charge in [0, 0.05) is 32.8 Å². The number of ether oxygens (including phenoxy) is 1. The molecule has 100 valence electrons. The van der Waals surface area contributed by atoms with Crippen molar-refractivity contribution in [3.05, 3.63) is 0 Å². The molecule has 0 spiro atoms. The van der Waals surface area contributed by atoms with Crippen LogP contribution >= 0.6 is 0 Å². The molecule has 1 saturated carbocycles. The van der Waals surface area contributed by atoms with Crippen LogP contribution in [0, 0.1) is 0 Å². The number of hydrogen-bond acceptors (Lipinski definition) is 4. The van der Waals surface area contributed by atoms with Gasteiger partial charge in [0.05, 0.1) is 13.2 Å². The van der Waals surface area contributed by atoms with Crippen LogP contribution in [0.4, 0.5) is 0 Å². The standard InChI is InChI=1S/C12H25N3O2/c1-17-9-7-14-12(16)10-15(8-6-13)11-4-2-3-5-11/h11H,2-10,13H2,1H3,(H,14,16). The van der Waals surface area contributed by atoms with Crippen LogP contribution < -0.4 is 11.1 Å². The van der Waals surface area contributed by atoms with Crippen molar-refractivity contribution >= 4 is 5.91 Å². The van der Waals surface area contributed by atoms with Gasteiger partial charge in [0.2, 0.25) is 5.91 Å². The first kappa shape index (κ1) is 14.4. The molecule has 0 unspecified atom stereocenters. The summed E-state index contributed by atoms with van der Waals surface area (Å²) in [5.74, 6) is 0.0717. The molecule has 1 rings (SSSR count). The van der Waals surface area contributed by atoms with Crippen molar-refractivity contribution in [3.63, 3.8) is 0 Å². The molecule has 1 amide bonds. The van der Waals surface area contributed by atoms with E-state index in [4.69, 9.17) is 10.5 Å². The minimum atomic E-state index is 0.0717. The van der Waals surface area contributed by atoms with Gasteiger partial charge < -0.3 is 15.8 Å². The highest BCUT2D eigenvalue weighted by molar-refractivity contribution is 5.78. The monoisotopic (exact) mass is 243 g/mol. The first-order chi connectivity index (χ1) is 8.27. The van der Waals surface area contributed by atoms with Gasteiger partial charge >= 0.3 is 0 Å². The van der Waals surface area contributed by atoms with Gasteiger partial charge in [-0.1, -0.05) is 12.8 Å². The van der Waals surface area contributed by atoms with Gasteiger partial charge in [-0.15, -0.1) is 0 Å². The molecule has 0 heterocycles. The number of nitrogens with one attached hydrogen (secondary N) is 1. The summed E-state index contributed by atoms with van der Waals surface area (Å²) in [6, 6.07) is 0.548. The van der Waals surface area contributed by atoms with Gasteiger partial charge in [-0.05, 0) is 12.8 Å². The van der Waals surface area contributed by atoms with Gasteiger partial charge in [-0.3, -0.25) is 9.69 Å². The second-order valence-corrected chi connectivity index (χ2v) is 4.54. The zero-order chi connectivity index (χ0) is 12.5. The maximum absolute atomic E-state index is 11.7. The third-order valence-electron chi connectivity index (χ3n) is 3.23. The quantitative estimate of drug-likeness (QED) is 0.587. The first-order valence-corrected chi connectivity index (χ1v) is 6.47. The van der Waals surface area contributed by atoms with Gasteiger partial charge in [-0.25, -0.2) is 0 Å². The lowest BCUT2D eigenvalue weighted by Crippen LogP contribution is -2.44. The number of rotatable bonds is 8. The zero-order valence-electron chi connectivity index (χ0n) is 10.8. The topological polar surface area (TPSA) is 67.6 Å². The van der Waals surface area contributed by atoms with Crippen LogP contribution in [0.3, 0.4) is 0 Å². The van der Waals surface area contributed by atoms with Gasteiger partial charge in [0.25, 0.3) is 0 Å². The molecular weight excluding hydrogens is 218 g/mol. The number of carbonyl (C=O) groups excluding carboxylic acids is 1. The van der Waals surface area contributed by atoms with Crippen molar-refractivity contribution in [3.8, 4) is 0 Å². The Hall–Kier alpha value is -0.650. The molecule has 0 radical (unpaired) electrons. The van der Waals surface area contributed by atoms with Crippen molar-refractivity contribution in [2.45, 2.75) is 31.7 Å². The lowest BCUT2D eigenvalue weighted by atomic mass is 10.2. The van der Waals surface area contributed by atoms with Crippen LogP contribution in [0.2, 0.25) is 0 Å². The summed E-state index contributed by atoms with van der Waals surface area (Å²) in [5.41, 5.74) is 5.60. The summed E-state index contributed by atoms with van der Waals surface area (Å²) in [4.78, 5) is 13.9. The smallest absolute Gasteiger partial charge is 0.234 e. The fourth-order valence-electron chi connectivity index (χ4n) is 2.36. The van der Waals surface area contributed by atoms with E-state index in [1.807, 2.05) is 0 Å². The number of hydrogen-bond donors (Lipinski definition) is 2. The Bertz CT molecular complexity index is 218. The summed E-state index contributed by atoms with van der Waals surface area (Å²) in [7, 11) is 1.63. The molecule has 0 saturated heterocycles. The Morgan fingerprint density at radius 2 is 2.18 bits per heavy atom. The van der Waals surface area contributed by atoms with E-state index in [2.05, 4.69) is 10.2 Å². The molecule has 1 aliphatic rings. The maximum atomic E-state index is 11.7. The van der Waals surface area contributed by atoms with E-state index in [0.29, 0.717) is 32.3 Å². The SMILES string of the molecule is COCCNC(=O)CN(CCN)C1CCCC1. The van der Waals surface area contributed by atoms with Crippen LogP contribution in [0.25, 0.3) is 0 Å². The average Bonchev–Trinajstić information content (AvgIpc) is 2.82. The fraction of sp³-hybridized carbons (Fsp3) is 0.917. The largest absolute Gasteiger partial charge is 0.383 e. The first-order valence-electron chi connectivity index (χ1n) is 6.47. The Kier molecular flexibility index (Phi) is 7.16. The van der Waals surface area contributed by atoms with E-state index in [9.17, 15) is 4.79 Å². The van der Waals surface area contributed by atoms with E-state index in [1.165, 1.54) is 25.7 Å². The van der Waals surface area contributed by atoms with E-state index < -0.39 is 0 Å². The molecule has 0 atom stereocenters. The molecule has 0 bridgehead atoms. The normalized spacial score (nSPS) is 16.6. The highest BCUT2D eigenvalue weighted by atomic mass is 16.5. The summed E-state index contributed by atoms with van der Waals surface area (Å²) in [5, 5.41) is 2.85. The Morgan fingerprint density at radius 1 is 1.47 bits per heavy atom. The molecule has 0 aromatic rings. The molecule has 0 aliphatic heterocycles. The molecule has 1 aliphatic carbocycles. The number of nitrogens with zero attached hydrogens (tertiary/aromatic N) is 1. The predicted molar refractivity (Wildman–Crippen MR) is 67.8 cm³/mol. The molecular formula is C12H25N3O2. The van der Waals surface area contributed by atoms with E-state index in [0.717, 1.165) is 6.54 Å². The third-order valence-corrected chi connectivity index (χ3v) is 3.23. The van der Waals surface area contributed by atoms with Crippen molar-refractivity contribution in [1.29, 1.82) is 0 Å². The van der Waals surface area contributed by atoms with Crippen LogP contribution in [0.5, 0.6) is 0 Å². The molecule has 3 N–H and O–H groups in total. The van der Waals surface area contributed by atoms with Crippen LogP contribution in [-0.2, 0) is 9.53 Å². The van der Waals surface area contributed by atoms with Gasteiger partial charge in [0.1, 0.15) is 0 Å².